The van der Waals surface area contributed by atoms with Crippen LogP contribution in [0.2, 0.25) is 0 Å². The number of azo groups is 2. The van der Waals surface area contributed by atoms with Crippen molar-refractivity contribution in [1.82, 2.24) is 0 Å². The first-order valence-corrected chi connectivity index (χ1v) is 10.8. The number of rotatable bonds is 7. The van der Waals surface area contributed by atoms with Crippen molar-refractivity contribution in [3.63, 3.8) is 0 Å². The number of anilines is 1. The fourth-order valence-corrected chi connectivity index (χ4v) is 3.31. The van der Waals surface area contributed by atoms with Crippen LogP contribution in [0.15, 0.2) is 99.2 Å². The Bertz CT molecular complexity index is 1250. The minimum Gasteiger partial charge on any atom is -0.456 e. The Labute approximate surface area is 197 Å². The van der Waals surface area contributed by atoms with Crippen LogP contribution in [0.5, 0.6) is 5.75 Å². The summed E-state index contributed by atoms with van der Waals surface area (Å²) < 4.78 is 10.6. The molecule has 0 N–H and O–H groups in total. The molecule has 0 unspecified atom stereocenters. The van der Waals surface area contributed by atoms with Crippen LogP contribution in [0.4, 0.5) is 28.4 Å². The lowest BCUT2D eigenvalue weighted by molar-refractivity contribution is 0.122. The number of benzene rings is 3. The van der Waals surface area contributed by atoms with E-state index in [2.05, 4.69) is 43.2 Å². The monoisotopic (exact) mass is 453 g/mol. The van der Waals surface area contributed by atoms with Crippen molar-refractivity contribution >= 4 is 34.4 Å². The molecule has 0 saturated carbocycles. The number of ether oxygens (including phenoxy) is 2. The van der Waals surface area contributed by atoms with Crippen molar-refractivity contribution in [3.8, 4) is 5.75 Å². The molecule has 170 valence electrons. The minimum absolute atomic E-state index is 0.559. The van der Waals surface area contributed by atoms with Gasteiger partial charge in [0.25, 0.3) is 0 Å². The van der Waals surface area contributed by atoms with E-state index in [-0.39, 0.29) is 0 Å². The largest absolute Gasteiger partial charge is 0.456 e. The normalized spacial score (nSPS) is 13.6. The molecule has 0 spiro atoms. The molecule has 4 rings (SSSR count). The maximum atomic E-state index is 10.1. The Morgan fingerprint density at radius 2 is 1.47 bits per heavy atom. The fraction of sp³-hybridized carbons (Fsp3) is 0.192. The average Bonchev–Trinajstić information content (AvgIpc) is 2.89. The third kappa shape index (κ3) is 6.34. The Kier molecular flexibility index (Phi) is 7.72. The first kappa shape index (κ1) is 22.8. The Morgan fingerprint density at radius 1 is 0.853 bits per heavy atom. The zero-order chi connectivity index (χ0) is 23.6. The zero-order valence-electron chi connectivity index (χ0n) is 18.7. The molecule has 3 aromatic carbocycles. The van der Waals surface area contributed by atoms with E-state index in [9.17, 15) is 4.79 Å². The lowest BCUT2D eigenvalue weighted by Crippen LogP contribution is -2.36. The molecule has 34 heavy (non-hydrogen) atoms. The maximum Gasteiger partial charge on any atom is 0.180 e. The van der Waals surface area contributed by atoms with Gasteiger partial charge in [-0.1, -0.05) is 0 Å². The highest BCUT2D eigenvalue weighted by Crippen LogP contribution is 2.28. The van der Waals surface area contributed by atoms with E-state index in [1.807, 2.05) is 37.3 Å². The molecule has 3 aromatic rings. The quantitative estimate of drug-likeness (QED) is 0.176. The lowest BCUT2D eigenvalue weighted by Gasteiger charge is -2.28. The smallest absolute Gasteiger partial charge is 0.180 e. The third-order valence-electron chi connectivity index (χ3n) is 5.11. The van der Waals surface area contributed by atoms with Crippen molar-refractivity contribution in [2.75, 3.05) is 31.2 Å². The van der Waals surface area contributed by atoms with E-state index in [4.69, 9.17) is 9.47 Å². The summed E-state index contributed by atoms with van der Waals surface area (Å²) in [6.45, 7) is 5.28. The van der Waals surface area contributed by atoms with Gasteiger partial charge in [-0.25, -0.2) is 4.79 Å². The highest BCUT2D eigenvalue weighted by molar-refractivity contribution is 5.55. The summed E-state index contributed by atoms with van der Waals surface area (Å²) in [5.41, 5.74) is 7.25. The van der Waals surface area contributed by atoms with E-state index >= 15 is 0 Å². The van der Waals surface area contributed by atoms with Gasteiger partial charge in [-0.15, -0.1) is 0 Å². The zero-order valence-corrected chi connectivity index (χ0v) is 18.7. The fourth-order valence-electron chi connectivity index (χ4n) is 3.31. The van der Waals surface area contributed by atoms with E-state index in [0.29, 0.717) is 11.4 Å². The number of morpholine rings is 1. The van der Waals surface area contributed by atoms with Crippen LogP contribution in [0.25, 0.3) is 0 Å². The minimum atomic E-state index is 0.559. The molecule has 1 heterocycles. The molecule has 0 aliphatic carbocycles. The van der Waals surface area contributed by atoms with Gasteiger partial charge in [0.05, 0.1) is 36.0 Å². The molecule has 0 aromatic heterocycles. The van der Waals surface area contributed by atoms with Gasteiger partial charge in [-0.2, -0.15) is 20.5 Å². The molecule has 1 saturated heterocycles. The van der Waals surface area contributed by atoms with Crippen LogP contribution in [0.3, 0.4) is 0 Å². The molecule has 0 amide bonds. The van der Waals surface area contributed by atoms with Gasteiger partial charge in [-0.3, -0.25) is 0 Å². The van der Waals surface area contributed by atoms with Crippen LogP contribution in [0, 0.1) is 6.92 Å². The van der Waals surface area contributed by atoms with E-state index in [1.54, 1.807) is 24.3 Å². The highest BCUT2D eigenvalue weighted by atomic mass is 16.5. The SMILES string of the molecule is Cc1cc(/N=N/c2ccc(N3CCOCC3)cc2)ccc1/N=N/c1ccc(OC=C=C=O)cc1. The Balaban J connectivity index is 1.37. The summed E-state index contributed by atoms with van der Waals surface area (Å²) in [5, 5.41) is 17.3. The standard InChI is InChI=1S/C26H23N5O3/c1-20-19-23(29-27-21-3-8-24(9-4-21)31-13-17-33-18-14-31)7-12-26(20)30-28-22-5-10-25(11-6-22)34-16-2-15-32/h3-12,16,19H,13-14,17-18H2,1H3/b29-27+,30-28+. The van der Waals surface area contributed by atoms with Gasteiger partial charge in [0.2, 0.25) is 0 Å². The molecular formula is C26H23N5O3. The third-order valence-corrected chi connectivity index (χ3v) is 5.11. The number of hydrogen-bond acceptors (Lipinski definition) is 8. The number of aryl methyl sites for hydroxylation is 1. The van der Waals surface area contributed by atoms with Crippen molar-refractivity contribution in [1.29, 1.82) is 0 Å². The summed E-state index contributed by atoms with van der Waals surface area (Å²) >= 11 is 0. The van der Waals surface area contributed by atoms with Gasteiger partial charge in [0.1, 0.15) is 12.0 Å². The number of carbonyl (C=O) groups excluding carboxylic acids is 1. The Morgan fingerprint density at radius 3 is 2.15 bits per heavy atom. The van der Waals surface area contributed by atoms with Crippen LogP contribution in [0.1, 0.15) is 5.56 Å². The van der Waals surface area contributed by atoms with Crippen LogP contribution in [-0.4, -0.2) is 32.2 Å². The van der Waals surface area contributed by atoms with Crippen molar-refractivity contribution in [3.05, 3.63) is 84.3 Å². The van der Waals surface area contributed by atoms with Crippen LogP contribution in [-0.2, 0) is 9.53 Å². The lowest BCUT2D eigenvalue weighted by atomic mass is 10.2. The molecule has 0 atom stereocenters. The van der Waals surface area contributed by atoms with Gasteiger partial charge in [0, 0.05) is 24.5 Å². The first-order valence-electron chi connectivity index (χ1n) is 10.8. The molecule has 8 heteroatoms. The second-order valence-corrected chi connectivity index (χ2v) is 7.46. The molecule has 0 radical (unpaired) electrons. The summed E-state index contributed by atoms with van der Waals surface area (Å²) in [7, 11) is 0. The molecule has 1 fully saturated rings. The predicted octanol–water partition coefficient (Wildman–Crippen LogP) is 6.54. The van der Waals surface area contributed by atoms with E-state index in [0.717, 1.165) is 55.2 Å². The average molecular weight is 454 g/mol. The molecule has 8 nitrogen and oxygen atoms in total. The van der Waals surface area contributed by atoms with Crippen molar-refractivity contribution in [2.24, 2.45) is 20.5 Å². The molecule has 1 aliphatic heterocycles. The van der Waals surface area contributed by atoms with E-state index < -0.39 is 0 Å². The van der Waals surface area contributed by atoms with Gasteiger partial charge < -0.3 is 14.4 Å². The van der Waals surface area contributed by atoms with Crippen LogP contribution < -0.4 is 9.64 Å². The summed E-state index contributed by atoms with van der Waals surface area (Å²) in [4.78, 5) is 12.4. The van der Waals surface area contributed by atoms with Crippen LogP contribution >= 0.6 is 0 Å². The maximum absolute atomic E-state index is 10.1. The Hall–Kier alpha value is -4.35. The van der Waals surface area contributed by atoms with Gasteiger partial charge >= 0.3 is 0 Å². The van der Waals surface area contributed by atoms with Gasteiger partial charge in [-0.05, 0) is 79.2 Å². The molecular weight excluding hydrogens is 430 g/mol. The molecule has 1 aliphatic rings. The summed E-state index contributed by atoms with van der Waals surface area (Å²) in [5.74, 6) is 2.05. The van der Waals surface area contributed by atoms with E-state index in [1.165, 1.54) is 11.6 Å². The summed E-state index contributed by atoms with van der Waals surface area (Å²) in [6, 6.07) is 20.7. The summed E-state index contributed by atoms with van der Waals surface area (Å²) in [6.07, 6.45) is 1.15. The van der Waals surface area contributed by atoms with Crippen molar-refractivity contribution in [2.45, 2.75) is 6.92 Å². The second kappa shape index (κ2) is 11.5. The first-order chi connectivity index (χ1) is 16.7. The number of hydrogen-bond donors (Lipinski definition) is 0. The topological polar surface area (TPSA) is 88.2 Å². The van der Waals surface area contributed by atoms with Gasteiger partial charge in [0.15, 0.2) is 5.94 Å². The predicted molar refractivity (Wildman–Crippen MR) is 130 cm³/mol. The highest BCUT2D eigenvalue weighted by Gasteiger charge is 2.10. The second-order valence-electron chi connectivity index (χ2n) is 7.46. The van der Waals surface area contributed by atoms with Crippen molar-refractivity contribution < 1.29 is 14.3 Å². The number of nitrogens with zero attached hydrogens (tertiary/aromatic N) is 5. The molecule has 0 bridgehead atoms.